The Bertz CT molecular complexity index is 1190. The number of rotatable bonds is 8. The molecule has 1 atom stereocenters. The first kappa shape index (κ1) is 24.4. The topological polar surface area (TPSA) is 78.6 Å². The first-order valence-electron chi connectivity index (χ1n) is 11.9. The summed E-state index contributed by atoms with van der Waals surface area (Å²) in [7, 11) is 0. The zero-order valence-corrected chi connectivity index (χ0v) is 20.5. The number of halogens is 1. The van der Waals surface area contributed by atoms with Gasteiger partial charge < -0.3 is 14.1 Å². The number of nitrogens with zero attached hydrogens (tertiary/aromatic N) is 4. The Labute approximate surface area is 212 Å². The molecule has 5 rings (SSSR count). The van der Waals surface area contributed by atoms with Crippen LogP contribution in [-0.4, -0.2) is 78.3 Å². The minimum atomic E-state index is -0.439. The number of amides is 2. The summed E-state index contributed by atoms with van der Waals surface area (Å²) in [6.45, 7) is 3.88. The maximum atomic E-state index is 13.6. The van der Waals surface area contributed by atoms with Crippen LogP contribution in [0.3, 0.4) is 0 Å². The standard InChI is InChI=1S/C26H27FN4O4S/c27-20-7-5-19(6-8-20)21-17-22(23-3-1-13-35-23)31(28-21)25(32)18-30(26(33)24-4-2-16-36-24)10-9-29-11-14-34-15-12-29/h1-8,13,16,22H,9-12,14-15,17-18H2. The largest absolute Gasteiger partial charge is 0.467 e. The minimum absolute atomic E-state index is 0.113. The van der Waals surface area contributed by atoms with Gasteiger partial charge in [0.25, 0.3) is 11.8 Å². The highest BCUT2D eigenvalue weighted by Crippen LogP contribution is 2.33. The lowest BCUT2D eigenvalue weighted by molar-refractivity contribution is -0.134. The van der Waals surface area contributed by atoms with Gasteiger partial charge in [0, 0.05) is 32.6 Å². The van der Waals surface area contributed by atoms with Crippen molar-refractivity contribution in [3.63, 3.8) is 0 Å². The summed E-state index contributed by atoms with van der Waals surface area (Å²) in [6.07, 6.45) is 1.99. The van der Waals surface area contributed by atoms with Crippen molar-refractivity contribution in [3.05, 3.63) is 82.2 Å². The molecule has 1 aromatic carbocycles. The van der Waals surface area contributed by atoms with Crippen LogP contribution in [0, 0.1) is 5.82 Å². The molecule has 0 saturated carbocycles. The van der Waals surface area contributed by atoms with Gasteiger partial charge in [-0.1, -0.05) is 18.2 Å². The molecule has 4 heterocycles. The molecule has 2 aliphatic rings. The van der Waals surface area contributed by atoms with Gasteiger partial charge in [-0.2, -0.15) is 5.10 Å². The number of benzene rings is 1. The van der Waals surface area contributed by atoms with Crippen molar-refractivity contribution in [3.8, 4) is 0 Å². The van der Waals surface area contributed by atoms with E-state index < -0.39 is 6.04 Å². The maximum Gasteiger partial charge on any atom is 0.264 e. The molecule has 1 saturated heterocycles. The van der Waals surface area contributed by atoms with Crippen LogP contribution in [0.15, 0.2) is 69.7 Å². The Balaban J connectivity index is 1.36. The first-order chi connectivity index (χ1) is 17.6. The lowest BCUT2D eigenvalue weighted by atomic mass is 10.0. The van der Waals surface area contributed by atoms with E-state index >= 15 is 0 Å². The number of morpholine rings is 1. The highest BCUT2D eigenvalue weighted by molar-refractivity contribution is 7.12. The second-order valence-electron chi connectivity index (χ2n) is 8.69. The zero-order chi connectivity index (χ0) is 24.9. The lowest BCUT2D eigenvalue weighted by Crippen LogP contribution is -2.46. The lowest BCUT2D eigenvalue weighted by Gasteiger charge is -2.30. The Morgan fingerprint density at radius 3 is 2.61 bits per heavy atom. The molecule has 2 aliphatic heterocycles. The van der Waals surface area contributed by atoms with Crippen molar-refractivity contribution in [2.75, 3.05) is 45.9 Å². The average molecular weight is 511 g/mol. The van der Waals surface area contributed by atoms with Crippen molar-refractivity contribution >= 4 is 28.9 Å². The number of carbonyl (C=O) groups is 2. The van der Waals surface area contributed by atoms with Crippen molar-refractivity contribution in [1.82, 2.24) is 14.8 Å². The number of carbonyl (C=O) groups excluding carboxylic acids is 2. The second-order valence-corrected chi connectivity index (χ2v) is 9.63. The summed E-state index contributed by atoms with van der Waals surface area (Å²) in [5.74, 6) is -0.215. The third kappa shape index (κ3) is 5.56. The smallest absolute Gasteiger partial charge is 0.264 e. The summed E-state index contributed by atoms with van der Waals surface area (Å²) in [5, 5.41) is 7.86. The minimum Gasteiger partial charge on any atom is -0.467 e. The van der Waals surface area contributed by atoms with Gasteiger partial charge in [0.2, 0.25) is 0 Å². The molecule has 0 N–H and O–H groups in total. The van der Waals surface area contributed by atoms with Crippen molar-refractivity contribution in [1.29, 1.82) is 0 Å². The Morgan fingerprint density at radius 1 is 1.11 bits per heavy atom. The molecule has 36 heavy (non-hydrogen) atoms. The Morgan fingerprint density at radius 2 is 1.92 bits per heavy atom. The fourth-order valence-electron chi connectivity index (χ4n) is 4.39. The van der Waals surface area contributed by atoms with Gasteiger partial charge in [-0.3, -0.25) is 14.5 Å². The number of hydrogen-bond acceptors (Lipinski definition) is 7. The fraction of sp³-hybridized carbons (Fsp3) is 0.346. The van der Waals surface area contributed by atoms with E-state index in [0.717, 1.165) is 18.7 Å². The van der Waals surface area contributed by atoms with Crippen LogP contribution in [-0.2, 0) is 9.53 Å². The van der Waals surface area contributed by atoms with E-state index in [4.69, 9.17) is 9.15 Å². The van der Waals surface area contributed by atoms with Crippen LogP contribution in [0.4, 0.5) is 4.39 Å². The maximum absolute atomic E-state index is 13.6. The van der Waals surface area contributed by atoms with Crippen LogP contribution in [0.1, 0.15) is 33.5 Å². The molecular formula is C26H27FN4O4S. The summed E-state index contributed by atoms with van der Waals surface area (Å²) in [4.78, 5) is 31.3. The summed E-state index contributed by atoms with van der Waals surface area (Å²) in [5.41, 5.74) is 1.40. The van der Waals surface area contributed by atoms with E-state index in [1.165, 1.54) is 28.5 Å². The van der Waals surface area contributed by atoms with Gasteiger partial charge in [-0.15, -0.1) is 11.3 Å². The summed E-state index contributed by atoms with van der Waals surface area (Å²) in [6, 6.07) is 12.8. The van der Waals surface area contributed by atoms with Crippen molar-refractivity contribution in [2.24, 2.45) is 5.10 Å². The molecule has 188 valence electrons. The first-order valence-corrected chi connectivity index (χ1v) is 12.8. The predicted octanol–water partition coefficient (Wildman–Crippen LogP) is 3.63. The molecule has 2 aromatic heterocycles. The molecule has 8 nitrogen and oxygen atoms in total. The Hall–Kier alpha value is -3.34. The number of hydrazone groups is 1. The Kier molecular flexibility index (Phi) is 7.55. The molecule has 0 spiro atoms. The molecule has 1 fully saturated rings. The van der Waals surface area contributed by atoms with E-state index in [-0.39, 0.29) is 24.2 Å². The van der Waals surface area contributed by atoms with Gasteiger partial charge in [0.05, 0.1) is 30.1 Å². The summed E-state index contributed by atoms with van der Waals surface area (Å²) < 4.78 is 24.5. The molecule has 3 aromatic rings. The molecule has 2 amide bonds. The zero-order valence-electron chi connectivity index (χ0n) is 19.7. The third-order valence-electron chi connectivity index (χ3n) is 6.35. The molecule has 10 heteroatoms. The van der Waals surface area contributed by atoms with E-state index in [1.54, 1.807) is 41.5 Å². The van der Waals surface area contributed by atoms with Gasteiger partial charge in [-0.25, -0.2) is 9.40 Å². The highest BCUT2D eigenvalue weighted by atomic mass is 32.1. The third-order valence-corrected chi connectivity index (χ3v) is 7.21. The van der Waals surface area contributed by atoms with Crippen LogP contribution >= 0.6 is 11.3 Å². The predicted molar refractivity (Wildman–Crippen MR) is 133 cm³/mol. The van der Waals surface area contributed by atoms with Gasteiger partial charge in [-0.05, 0) is 41.3 Å². The molecule has 0 aliphatic carbocycles. The second kappa shape index (κ2) is 11.2. The number of thiophene rings is 1. The highest BCUT2D eigenvalue weighted by Gasteiger charge is 2.36. The van der Waals surface area contributed by atoms with Gasteiger partial charge in [0.1, 0.15) is 24.2 Å². The SMILES string of the molecule is O=C(c1cccs1)N(CCN1CCOCC1)CC(=O)N1N=C(c2ccc(F)cc2)CC1c1ccco1. The van der Waals surface area contributed by atoms with Crippen LogP contribution < -0.4 is 0 Å². The van der Waals surface area contributed by atoms with Gasteiger partial charge >= 0.3 is 0 Å². The monoisotopic (exact) mass is 510 g/mol. The average Bonchev–Trinajstić information content (AvgIpc) is 3.68. The van der Waals surface area contributed by atoms with Crippen LogP contribution in [0.25, 0.3) is 0 Å². The molecule has 0 radical (unpaired) electrons. The van der Waals surface area contributed by atoms with Crippen LogP contribution in [0.2, 0.25) is 0 Å². The molecular weight excluding hydrogens is 483 g/mol. The summed E-state index contributed by atoms with van der Waals surface area (Å²) >= 11 is 1.35. The molecule has 0 bridgehead atoms. The van der Waals surface area contributed by atoms with E-state index in [0.29, 0.717) is 49.1 Å². The normalized spacial score (nSPS) is 18.3. The number of hydrogen-bond donors (Lipinski definition) is 0. The number of ether oxygens (including phenoxy) is 1. The number of furan rings is 1. The quantitative estimate of drug-likeness (QED) is 0.463. The van der Waals surface area contributed by atoms with Crippen molar-refractivity contribution < 1.29 is 23.1 Å². The fourth-order valence-corrected chi connectivity index (χ4v) is 5.08. The molecule has 1 unspecified atom stereocenters. The van der Waals surface area contributed by atoms with Crippen LogP contribution in [0.5, 0.6) is 0 Å². The van der Waals surface area contributed by atoms with E-state index in [9.17, 15) is 14.0 Å². The van der Waals surface area contributed by atoms with E-state index in [1.807, 2.05) is 11.4 Å². The van der Waals surface area contributed by atoms with Crippen molar-refractivity contribution in [2.45, 2.75) is 12.5 Å². The van der Waals surface area contributed by atoms with Gasteiger partial charge in [0.15, 0.2) is 0 Å². The van der Waals surface area contributed by atoms with E-state index in [2.05, 4.69) is 10.0 Å².